The summed E-state index contributed by atoms with van der Waals surface area (Å²) in [5.74, 6) is 0.933. The maximum absolute atomic E-state index is 12.2. The highest BCUT2D eigenvalue weighted by atomic mass is 127. The minimum atomic E-state index is -1.12. The summed E-state index contributed by atoms with van der Waals surface area (Å²) in [5, 5.41) is 8.34. The molecule has 2 rings (SSSR count). The number of thioether (sulfide) groups is 1. The standard InChI is InChI=1S/C15H9BrINO5S/c1-2-3-18-14(21)11(24-15(18)22)5-8-4-9(17)6-10(16)13(8)23-7-12(19)20/h1,4-6H,3,7H2,(H,19,20)/b11-5+. The summed E-state index contributed by atoms with van der Waals surface area (Å²) in [4.78, 5) is 35.9. The van der Waals surface area contributed by atoms with Gasteiger partial charge in [-0.05, 0) is 68.5 Å². The highest BCUT2D eigenvalue weighted by Gasteiger charge is 2.34. The molecule has 0 radical (unpaired) electrons. The number of carbonyl (C=O) groups excluding carboxylic acids is 2. The Kier molecular flexibility index (Phi) is 6.31. The van der Waals surface area contributed by atoms with Crippen LogP contribution in [0.5, 0.6) is 5.75 Å². The molecular formula is C15H9BrINO5S. The first-order chi connectivity index (χ1) is 11.3. The lowest BCUT2D eigenvalue weighted by atomic mass is 10.2. The second-order valence-corrected chi connectivity index (χ2v) is 7.55. The number of hydrogen-bond acceptors (Lipinski definition) is 5. The fraction of sp³-hybridized carbons (Fsp3) is 0.133. The van der Waals surface area contributed by atoms with E-state index in [-0.39, 0.29) is 17.2 Å². The molecule has 1 saturated heterocycles. The molecule has 1 aromatic rings. The summed E-state index contributed by atoms with van der Waals surface area (Å²) >= 11 is 6.16. The van der Waals surface area contributed by atoms with Gasteiger partial charge in [0.2, 0.25) is 0 Å². The van der Waals surface area contributed by atoms with Crippen molar-refractivity contribution in [1.29, 1.82) is 0 Å². The summed E-state index contributed by atoms with van der Waals surface area (Å²) in [5.41, 5.74) is 0.487. The van der Waals surface area contributed by atoms with Crippen LogP contribution in [0.25, 0.3) is 6.08 Å². The first-order valence-electron chi connectivity index (χ1n) is 6.36. The maximum Gasteiger partial charge on any atom is 0.341 e. The van der Waals surface area contributed by atoms with E-state index in [4.69, 9.17) is 16.3 Å². The topological polar surface area (TPSA) is 83.9 Å². The summed E-state index contributed by atoms with van der Waals surface area (Å²) in [6.45, 7) is -0.626. The number of amides is 2. The number of rotatable bonds is 5. The average Bonchev–Trinajstić information content (AvgIpc) is 2.74. The third-order valence-corrected chi connectivity index (χ3v) is 4.91. The Balaban J connectivity index is 2.41. The predicted octanol–water partition coefficient (Wildman–Crippen LogP) is 3.19. The number of ether oxygens (including phenoxy) is 1. The maximum atomic E-state index is 12.2. The molecule has 0 saturated carbocycles. The van der Waals surface area contributed by atoms with E-state index in [9.17, 15) is 14.4 Å². The van der Waals surface area contributed by atoms with Gasteiger partial charge in [0.1, 0.15) is 5.75 Å². The number of benzene rings is 1. The van der Waals surface area contributed by atoms with Gasteiger partial charge in [-0.3, -0.25) is 14.5 Å². The van der Waals surface area contributed by atoms with Gasteiger partial charge in [0.05, 0.1) is 15.9 Å². The molecule has 9 heteroatoms. The van der Waals surface area contributed by atoms with Crippen LogP contribution in [-0.2, 0) is 9.59 Å². The Morgan fingerprint density at radius 1 is 1.50 bits per heavy atom. The first kappa shape index (κ1) is 18.8. The fourth-order valence-electron chi connectivity index (χ4n) is 1.84. The number of imide groups is 1. The molecular weight excluding hydrogens is 513 g/mol. The van der Waals surface area contributed by atoms with Gasteiger partial charge in [0.15, 0.2) is 6.61 Å². The van der Waals surface area contributed by atoms with Gasteiger partial charge in [-0.2, -0.15) is 0 Å². The lowest BCUT2D eigenvalue weighted by molar-refractivity contribution is -0.139. The van der Waals surface area contributed by atoms with Gasteiger partial charge in [-0.25, -0.2) is 4.79 Å². The number of terminal acetylenes is 1. The Labute approximate surface area is 163 Å². The van der Waals surface area contributed by atoms with Crippen LogP contribution in [0.15, 0.2) is 21.5 Å². The van der Waals surface area contributed by atoms with Crippen LogP contribution in [0.3, 0.4) is 0 Å². The number of nitrogens with zero attached hydrogens (tertiary/aromatic N) is 1. The van der Waals surface area contributed by atoms with E-state index in [1.807, 2.05) is 0 Å². The van der Waals surface area contributed by atoms with Gasteiger partial charge >= 0.3 is 5.97 Å². The quantitative estimate of drug-likeness (QED) is 0.364. The number of carboxylic acids is 1. The zero-order chi connectivity index (χ0) is 17.9. The smallest absolute Gasteiger partial charge is 0.341 e. The molecule has 1 N–H and O–H groups in total. The van der Waals surface area contributed by atoms with Crippen molar-refractivity contribution in [2.75, 3.05) is 13.2 Å². The molecule has 1 aromatic carbocycles. The van der Waals surface area contributed by atoms with Crippen molar-refractivity contribution in [2.24, 2.45) is 0 Å². The molecule has 1 aliphatic rings. The monoisotopic (exact) mass is 521 g/mol. The van der Waals surface area contributed by atoms with Crippen LogP contribution >= 0.6 is 50.3 Å². The molecule has 0 bridgehead atoms. The zero-order valence-corrected chi connectivity index (χ0v) is 16.5. The molecule has 0 aromatic heterocycles. The van der Waals surface area contributed by atoms with E-state index in [1.54, 1.807) is 12.1 Å². The number of carboxylic acid groups (broad SMARTS) is 1. The van der Waals surface area contributed by atoms with Gasteiger partial charge in [-0.15, -0.1) is 6.42 Å². The summed E-state index contributed by atoms with van der Waals surface area (Å²) in [6.07, 6.45) is 6.65. The first-order valence-corrected chi connectivity index (χ1v) is 9.04. The van der Waals surface area contributed by atoms with Crippen LogP contribution in [0.2, 0.25) is 0 Å². The van der Waals surface area contributed by atoms with E-state index in [0.717, 1.165) is 20.2 Å². The number of hydrogen-bond donors (Lipinski definition) is 1. The van der Waals surface area contributed by atoms with Crippen molar-refractivity contribution in [3.63, 3.8) is 0 Å². The second kappa shape index (κ2) is 8.04. The Morgan fingerprint density at radius 2 is 2.21 bits per heavy atom. The van der Waals surface area contributed by atoms with Crippen molar-refractivity contribution in [3.8, 4) is 18.1 Å². The lowest BCUT2D eigenvalue weighted by Crippen LogP contribution is -2.28. The van der Waals surface area contributed by atoms with E-state index in [1.165, 1.54) is 6.08 Å². The summed E-state index contributed by atoms with van der Waals surface area (Å²) in [7, 11) is 0. The molecule has 0 unspecified atom stereocenters. The van der Waals surface area contributed by atoms with E-state index >= 15 is 0 Å². The SMILES string of the molecule is C#CCN1C(=O)S/C(=C/c2cc(I)cc(Br)c2OCC(=O)O)C1=O. The van der Waals surface area contributed by atoms with Gasteiger partial charge in [0, 0.05) is 9.13 Å². The van der Waals surface area contributed by atoms with Crippen molar-refractivity contribution in [1.82, 2.24) is 4.90 Å². The average molecular weight is 522 g/mol. The highest BCUT2D eigenvalue weighted by molar-refractivity contribution is 14.1. The van der Waals surface area contributed by atoms with Crippen LogP contribution in [0.4, 0.5) is 4.79 Å². The molecule has 1 aliphatic heterocycles. The van der Waals surface area contributed by atoms with Gasteiger partial charge < -0.3 is 9.84 Å². The Morgan fingerprint density at radius 3 is 2.83 bits per heavy atom. The van der Waals surface area contributed by atoms with E-state index in [2.05, 4.69) is 44.4 Å². The Bertz CT molecular complexity index is 802. The molecule has 0 atom stereocenters. The molecule has 2 amide bonds. The summed E-state index contributed by atoms with van der Waals surface area (Å²) < 4.78 is 6.68. The van der Waals surface area contributed by atoms with Crippen molar-refractivity contribution in [3.05, 3.63) is 30.6 Å². The molecule has 6 nitrogen and oxygen atoms in total. The molecule has 0 spiro atoms. The molecule has 1 fully saturated rings. The van der Waals surface area contributed by atoms with E-state index in [0.29, 0.717) is 10.0 Å². The largest absolute Gasteiger partial charge is 0.480 e. The number of carbonyl (C=O) groups is 3. The van der Waals surface area contributed by atoms with Crippen molar-refractivity contribution < 1.29 is 24.2 Å². The number of aliphatic carboxylic acids is 1. The highest BCUT2D eigenvalue weighted by Crippen LogP contribution is 2.37. The van der Waals surface area contributed by atoms with Gasteiger partial charge in [-0.1, -0.05) is 5.92 Å². The second-order valence-electron chi connectivity index (χ2n) is 4.46. The van der Waals surface area contributed by atoms with E-state index < -0.39 is 23.7 Å². The molecule has 124 valence electrons. The number of halogens is 2. The Hall–Kier alpha value is -1.51. The minimum absolute atomic E-state index is 0.0968. The van der Waals surface area contributed by atoms with Crippen molar-refractivity contribution in [2.45, 2.75) is 0 Å². The molecule has 1 heterocycles. The third kappa shape index (κ3) is 4.31. The zero-order valence-electron chi connectivity index (χ0n) is 11.9. The summed E-state index contributed by atoms with van der Waals surface area (Å²) in [6, 6.07) is 3.47. The molecule has 24 heavy (non-hydrogen) atoms. The molecule has 0 aliphatic carbocycles. The predicted molar refractivity (Wildman–Crippen MR) is 101 cm³/mol. The van der Waals surface area contributed by atoms with Crippen LogP contribution in [0.1, 0.15) is 5.56 Å². The fourth-order valence-corrected chi connectivity index (χ4v) is 4.34. The van der Waals surface area contributed by atoms with Gasteiger partial charge in [0.25, 0.3) is 11.1 Å². The lowest BCUT2D eigenvalue weighted by Gasteiger charge is -2.11. The van der Waals surface area contributed by atoms with Crippen LogP contribution in [-0.4, -0.2) is 40.3 Å². The minimum Gasteiger partial charge on any atom is -0.480 e. The normalized spacial score (nSPS) is 15.7. The van der Waals surface area contributed by atoms with Crippen LogP contribution in [0, 0.1) is 15.9 Å². The van der Waals surface area contributed by atoms with Crippen molar-refractivity contribution >= 4 is 73.5 Å². The third-order valence-electron chi connectivity index (χ3n) is 2.79. The van der Waals surface area contributed by atoms with Crippen LogP contribution < -0.4 is 4.74 Å².